The summed E-state index contributed by atoms with van der Waals surface area (Å²) in [5.41, 5.74) is 2.22. The molecule has 0 aliphatic rings. The van der Waals surface area contributed by atoms with E-state index in [1.165, 1.54) is 39.9 Å². The molecule has 0 bridgehead atoms. The van der Waals surface area contributed by atoms with Crippen LogP contribution in [-0.2, 0) is 27.8 Å². The fraction of sp³-hybridized carbons (Fsp3) is 0.200. The molecule has 7 nitrogen and oxygen atoms in total. The van der Waals surface area contributed by atoms with E-state index in [0.717, 1.165) is 26.6 Å². The Morgan fingerprint density at radius 3 is 2.38 bits per heavy atom. The van der Waals surface area contributed by atoms with Crippen molar-refractivity contribution >= 4 is 48.3 Å². The molecule has 9 heteroatoms. The lowest BCUT2D eigenvalue weighted by Crippen LogP contribution is -2.30. The van der Waals surface area contributed by atoms with Gasteiger partial charge in [0.2, 0.25) is 10.0 Å². The lowest BCUT2D eigenvalue weighted by molar-refractivity contribution is 0.0997. The maximum Gasteiger partial charge on any atom is 0.279 e. The third kappa shape index (κ3) is 5.58. The number of thiazole rings is 1. The molecule has 0 spiro atoms. The van der Waals surface area contributed by atoms with Crippen molar-refractivity contribution in [3.63, 3.8) is 0 Å². The van der Waals surface area contributed by atoms with Crippen LogP contribution in [0.3, 0.4) is 0 Å². The third-order valence-electron chi connectivity index (χ3n) is 6.58. The van der Waals surface area contributed by atoms with Crippen LogP contribution in [0, 0.1) is 0 Å². The van der Waals surface area contributed by atoms with Crippen LogP contribution in [0.5, 0.6) is 0 Å². The van der Waals surface area contributed by atoms with Gasteiger partial charge >= 0.3 is 0 Å². The smallest absolute Gasteiger partial charge is 0.279 e. The van der Waals surface area contributed by atoms with Gasteiger partial charge < -0.3 is 9.30 Å². The van der Waals surface area contributed by atoms with Gasteiger partial charge in [0.15, 0.2) is 4.80 Å². The maximum absolute atomic E-state index is 13.3. The predicted octanol–water partition coefficient (Wildman–Crippen LogP) is 5.45. The van der Waals surface area contributed by atoms with E-state index in [1.807, 2.05) is 60.0 Å². The number of aromatic nitrogens is 1. The Morgan fingerprint density at radius 2 is 1.67 bits per heavy atom. The van der Waals surface area contributed by atoms with Crippen molar-refractivity contribution in [3.8, 4) is 0 Å². The Bertz CT molecular complexity index is 1790. The SMILES string of the molecule is CCN(Cc1ccccc1)S(=O)(=O)c1ccc(C(=O)N=c2sc3c4ccccc4ccc3n2CCOC)cc1. The molecule has 1 amide bonds. The van der Waals surface area contributed by atoms with Crippen molar-refractivity contribution < 1.29 is 17.9 Å². The van der Waals surface area contributed by atoms with Gasteiger partial charge in [-0.2, -0.15) is 9.30 Å². The molecule has 0 aliphatic heterocycles. The van der Waals surface area contributed by atoms with Gasteiger partial charge in [-0.1, -0.05) is 78.9 Å². The van der Waals surface area contributed by atoms with E-state index in [4.69, 9.17) is 4.74 Å². The molecule has 0 radical (unpaired) electrons. The lowest BCUT2D eigenvalue weighted by Gasteiger charge is -2.20. The second-order valence-corrected chi connectivity index (χ2v) is 11.9. The molecule has 4 aromatic carbocycles. The van der Waals surface area contributed by atoms with Gasteiger partial charge in [0.05, 0.1) is 21.7 Å². The zero-order valence-electron chi connectivity index (χ0n) is 21.8. The standard InChI is InChI=1S/C30H29N3O4S2/c1-3-32(21-22-9-5-4-6-10-22)39(35,36)25-16-13-24(14-17-25)29(34)31-30-33(19-20-37-2)27-18-15-23-11-7-8-12-26(23)28(27)38-30/h4-18H,3,19-21H2,1-2H3. The van der Waals surface area contributed by atoms with E-state index in [2.05, 4.69) is 23.2 Å². The molecule has 39 heavy (non-hydrogen) atoms. The Hall–Kier alpha value is -3.63. The summed E-state index contributed by atoms with van der Waals surface area (Å²) in [6.07, 6.45) is 0. The molecule has 5 aromatic rings. The molecule has 200 valence electrons. The van der Waals surface area contributed by atoms with E-state index >= 15 is 0 Å². The molecule has 0 N–H and O–H groups in total. The van der Waals surface area contributed by atoms with Crippen molar-refractivity contribution in [2.45, 2.75) is 24.9 Å². The third-order valence-corrected chi connectivity index (χ3v) is 9.65. The second-order valence-electron chi connectivity index (χ2n) is 9.02. The van der Waals surface area contributed by atoms with Crippen molar-refractivity contribution in [1.82, 2.24) is 8.87 Å². The Kier molecular flexibility index (Phi) is 8.04. The van der Waals surface area contributed by atoms with E-state index in [-0.39, 0.29) is 11.4 Å². The summed E-state index contributed by atoms with van der Waals surface area (Å²) in [6, 6.07) is 27.7. The quantitative estimate of drug-likeness (QED) is 0.240. The van der Waals surface area contributed by atoms with Crippen LogP contribution < -0.4 is 4.80 Å². The Balaban J connectivity index is 1.47. The van der Waals surface area contributed by atoms with Crippen LogP contribution in [-0.4, -0.2) is 43.5 Å². The predicted molar refractivity (Wildman–Crippen MR) is 155 cm³/mol. The monoisotopic (exact) mass is 559 g/mol. The number of nitrogens with zero attached hydrogens (tertiary/aromatic N) is 3. The molecule has 0 atom stereocenters. The summed E-state index contributed by atoms with van der Waals surface area (Å²) in [5, 5.41) is 2.22. The van der Waals surface area contributed by atoms with Gasteiger partial charge in [-0.05, 0) is 41.3 Å². The summed E-state index contributed by atoms with van der Waals surface area (Å²) < 4.78 is 36.4. The minimum Gasteiger partial charge on any atom is -0.383 e. The first-order valence-electron chi connectivity index (χ1n) is 12.7. The topological polar surface area (TPSA) is 81.0 Å². The van der Waals surface area contributed by atoms with Gasteiger partial charge in [0.1, 0.15) is 0 Å². The number of hydrogen-bond acceptors (Lipinski definition) is 5. The minimum absolute atomic E-state index is 0.139. The van der Waals surface area contributed by atoms with Crippen LogP contribution in [0.1, 0.15) is 22.8 Å². The second kappa shape index (κ2) is 11.6. The van der Waals surface area contributed by atoms with Crippen LogP contribution in [0.2, 0.25) is 0 Å². The van der Waals surface area contributed by atoms with Crippen LogP contribution >= 0.6 is 11.3 Å². The van der Waals surface area contributed by atoms with Crippen LogP contribution in [0.25, 0.3) is 21.0 Å². The van der Waals surface area contributed by atoms with Crippen molar-refractivity contribution in [3.05, 3.63) is 107 Å². The van der Waals surface area contributed by atoms with Gasteiger partial charge in [0.25, 0.3) is 5.91 Å². The van der Waals surface area contributed by atoms with Gasteiger partial charge in [-0.25, -0.2) is 8.42 Å². The normalized spacial score (nSPS) is 12.5. The molecular weight excluding hydrogens is 530 g/mol. The van der Waals surface area contributed by atoms with E-state index in [1.54, 1.807) is 7.11 Å². The molecule has 0 saturated heterocycles. The lowest BCUT2D eigenvalue weighted by atomic mass is 10.1. The van der Waals surface area contributed by atoms with Crippen LogP contribution in [0.15, 0.2) is 101 Å². The maximum atomic E-state index is 13.3. The number of benzene rings is 4. The van der Waals surface area contributed by atoms with Gasteiger partial charge in [-0.3, -0.25) is 4.79 Å². The van der Waals surface area contributed by atoms with Crippen molar-refractivity contribution in [2.75, 3.05) is 20.3 Å². The summed E-state index contributed by atoms with van der Waals surface area (Å²) in [6.45, 7) is 3.44. The first kappa shape index (κ1) is 27.0. The Labute approximate surface area is 231 Å². The number of hydrogen-bond donors (Lipinski definition) is 0. The highest BCUT2D eigenvalue weighted by atomic mass is 32.2. The molecule has 0 unspecified atom stereocenters. The highest BCUT2D eigenvalue weighted by Crippen LogP contribution is 2.28. The van der Waals surface area contributed by atoms with Gasteiger partial charge in [0, 0.05) is 37.7 Å². The number of sulfonamides is 1. The molecule has 1 aromatic heterocycles. The average molecular weight is 560 g/mol. The molecular formula is C30H29N3O4S2. The zero-order chi connectivity index (χ0) is 27.4. The number of carbonyl (C=O) groups is 1. The average Bonchev–Trinajstić information content (AvgIpc) is 3.32. The van der Waals surface area contributed by atoms with E-state index in [9.17, 15) is 13.2 Å². The summed E-state index contributed by atoms with van der Waals surface area (Å²) >= 11 is 1.46. The molecule has 5 rings (SSSR count). The van der Waals surface area contributed by atoms with Crippen LogP contribution in [0.4, 0.5) is 0 Å². The largest absolute Gasteiger partial charge is 0.383 e. The molecule has 1 heterocycles. The number of amides is 1. The van der Waals surface area contributed by atoms with E-state index in [0.29, 0.717) is 30.1 Å². The van der Waals surface area contributed by atoms with Gasteiger partial charge in [-0.15, -0.1) is 0 Å². The molecule has 0 fully saturated rings. The number of rotatable bonds is 9. The first-order chi connectivity index (χ1) is 18.9. The van der Waals surface area contributed by atoms with E-state index < -0.39 is 15.9 Å². The summed E-state index contributed by atoms with van der Waals surface area (Å²) in [4.78, 5) is 18.4. The first-order valence-corrected chi connectivity index (χ1v) is 14.9. The number of carbonyl (C=O) groups excluding carboxylic acids is 1. The Morgan fingerprint density at radius 1 is 0.949 bits per heavy atom. The highest BCUT2D eigenvalue weighted by Gasteiger charge is 2.23. The highest BCUT2D eigenvalue weighted by molar-refractivity contribution is 7.89. The summed E-state index contributed by atoms with van der Waals surface area (Å²) in [7, 11) is -2.09. The number of ether oxygens (including phenoxy) is 1. The summed E-state index contributed by atoms with van der Waals surface area (Å²) in [5.74, 6) is -0.433. The van der Waals surface area contributed by atoms with Crippen molar-refractivity contribution in [1.29, 1.82) is 0 Å². The fourth-order valence-electron chi connectivity index (χ4n) is 4.51. The molecule has 0 aliphatic carbocycles. The fourth-order valence-corrected chi connectivity index (χ4v) is 7.13. The van der Waals surface area contributed by atoms with Crippen molar-refractivity contribution in [2.24, 2.45) is 4.99 Å². The number of methoxy groups -OCH3 is 1. The molecule has 0 saturated carbocycles. The number of fused-ring (bicyclic) bond motifs is 3. The zero-order valence-corrected chi connectivity index (χ0v) is 23.4. The minimum atomic E-state index is -3.73.